The molecule has 8 heavy (non-hydrogen) atoms. The van der Waals surface area contributed by atoms with E-state index in [0.717, 1.165) is 7.78 Å². The highest BCUT2D eigenvalue weighted by atomic mass is 32.7. The molecule has 0 aromatic heterocycles. The Hall–Kier alpha value is 0.780. The first-order valence-electron chi connectivity index (χ1n) is 2.95. The van der Waals surface area contributed by atoms with Crippen molar-refractivity contribution in [1.82, 2.24) is 0 Å². The third-order valence-corrected chi connectivity index (χ3v) is 4.70. The highest BCUT2D eigenvalue weighted by Gasteiger charge is 2.07. The normalized spacial score (nSPS) is 13.5. The molecule has 0 amide bonds. The average Bonchev–Trinajstić information content (AvgIpc) is 1.59. The molecule has 0 aromatic rings. The zero-order valence-electron chi connectivity index (χ0n) is 6.12. The molecule has 0 saturated heterocycles. The molecule has 0 fully saturated rings. The van der Waals surface area contributed by atoms with Gasteiger partial charge in [-0.3, -0.25) is 0 Å². The van der Waals surface area contributed by atoms with Crippen LogP contribution in [0.1, 0.15) is 27.7 Å². The highest BCUT2D eigenvalue weighted by molar-refractivity contribution is 8.49. The topological polar surface area (TPSA) is 0 Å². The molecule has 0 nitrogen and oxygen atoms in total. The molecule has 0 spiro atoms. The van der Waals surface area contributed by atoms with Gasteiger partial charge in [-0.1, -0.05) is 35.5 Å². The predicted octanol–water partition coefficient (Wildman–Crippen LogP) is 3.13. The van der Waals surface area contributed by atoms with Crippen LogP contribution < -0.4 is 0 Å². The van der Waals surface area contributed by atoms with Gasteiger partial charge in [-0.25, -0.2) is 0 Å². The van der Waals surface area contributed by atoms with Crippen LogP contribution in [0.2, 0.25) is 0 Å². The van der Waals surface area contributed by atoms with Crippen LogP contribution in [0.5, 0.6) is 0 Å². The van der Waals surface area contributed by atoms with Crippen LogP contribution in [0.4, 0.5) is 0 Å². The Bertz CT molecular complexity index is 56.0. The molecule has 0 aliphatic rings. The van der Waals surface area contributed by atoms with E-state index in [2.05, 4.69) is 27.7 Å². The van der Waals surface area contributed by atoms with Crippen molar-refractivity contribution in [1.29, 1.82) is 0 Å². The van der Waals surface area contributed by atoms with Crippen molar-refractivity contribution in [2.24, 2.45) is 0 Å². The molecule has 0 rings (SSSR count). The van der Waals surface area contributed by atoms with E-state index in [9.17, 15) is 0 Å². The van der Waals surface area contributed by atoms with E-state index in [-0.39, 0.29) is 0 Å². The second kappa shape index (κ2) is 3.74. The fraction of sp³-hybridized carbons (Fsp3) is 1.00. The van der Waals surface area contributed by atoms with E-state index in [1.807, 2.05) is 11.4 Å². The maximum atomic E-state index is 2.29. The first-order valence-corrected chi connectivity index (χ1v) is 5.66. The van der Waals surface area contributed by atoms with Crippen LogP contribution in [-0.4, -0.2) is 10.9 Å². The van der Waals surface area contributed by atoms with Crippen LogP contribution in [0.3, 0.4) is 0 Å². The summed E-state index contributed by atoms with van der Waals surface area (Å²) in [5.74, 6) is 1.26. The lowest BCUT2D eigenvalue weighted by Crippen LogP contribution is -2.02. The minimum atomic E-state index is 0.542. The van der Waals surface area contributed by atoms with Gasteiger partial charge in [0.2, 0.25) is 0 Å². The lowest BCUT2D eigenvalue weighted by atomic mass is 10.3. The first-order chi connectivity index (χ1) is 3.56. The summed E-state index contributed by atoms with van der Waals surface area (Å²) in [5, 5.41) is 0.542. The summed E-state index contributed by atoms with van der Waals surface area (Å²) in [7, 11) is 1.06. The summed E-state index contributed by atoms with van der Waals surface area (Å²) >= 11 is 2.04. The van der Waals surface area contributed by atoms with Gasteiger partial charge in [0.05, 0.1) is 0 Å². The average molecular weight is 150 g/mol. The predicted molar refractivity (Wildman–Crippen MR) is 46.2 cm³/mol. The molecule has 0 bridgehead atoms. The van der Waals surface area contributed by atoms with E-state index < -0.39 is 0 Å². The molecular formula is C6H15PS. The standard InChI is InChI=1S/C6H15PS/c1-5-8-7-6(2,3)4/h7H,5H2,1-4H3. The Morgan fingerprint density at radius 3 is 2.00 bits per heavy atom. The maximum Gasteiger partial charge on any atom is -0.00567 e. The molecule has 2 heteroatoms. The third kappa shape index (κ3) is 6.78. The zero-order valence-corrected chi connectivity index (χ0v) is 7.93. The lowest BCUT2D eigenvalue weighted by Gasteiger charge is -2.15. The molecule has 0 aliphatic carbocycles. The minimum absolute atomic E-state index is 0.542. The van der Waals surface area contributed by atoms with Gasteiger partial charge in [-0.2, -0.15) is 0 Å². The van der Waals surface area contributed by atoms with E-state index in [0.29, 0.717) is 5.16 Å². The van der Waals surface area contributed by atoms with Gasteiger partial charge < -0.3 is 0 Å². The lowest BCUT2D eigenvalue weighted by molar-refractivity contribution is 0.802. The van der Waals surface area contributed by atoms with Gasteiger partial charge in [0.15, 0.2) is 0 Å². The number of hydrogen-bond acceptors (Lipinski definition) is 1. The summed E-state index contributed by atoms with van der Waals surface area (Å²) in [4.78, 5) is 0. The third-order valence-electron chi connectivity index (χ3n) is 0.523. The Balaban J connectivity index is 3.11. The van der Waals surface area contributed by atoms with Crippen LogP contribution in [0.25, 0.3) is 0 Å². The van der Waals surface area contributed by atoms with E-state index >= 15 is 0 Å². The van der Waals surface area contributed by atoms with Crippen molar-refractivity contribution in [3.05, 3.63) is 0 Å². The Morgan fingerprint density at radius 1 is 1.38 bits per heavy atom. The SMILES string of the molecule is CCSPC(C)(C)C. The van der Waals surface area contributed by atoms with Crippen LogP contribution in [0.15, 0.2) is 0 Å². The Kier molecular flexibility index (Phi) is 4.10. The smallest absolute Gasteiger partial charge is 0.00567 e. The number of hydrogen-bond donors (Lipinski definition) is 0. The van der Waals surface area contributed by atoms with Crippen molar-refractivity contribution in [2.75, 3.05) is 5.75 Å². The second-order valence-corrected chi connectivity index (χ2v) is 6.83. The monoisotopic (exact) mass is 150 g/mol. The largest absolute Gasteiger partial charge is 0.137 e. The van der Waals surface area contributed by atoms with Gasteiger partial charge in [-0.15, -0.1) is 11.4 Å². The summed E-state index contributed by atoms with van der Waals surface area (Å²) in [6.07, 6.45) is 0. The maximum absolute atomic E-state index is 2.29. The Labute approximate surface area is 58.4 Å². The summed E-state index contributed by atoms with van der Waals surface area (Å²) in [5.41, 5.74) is 0. The van der Waals surface area contributed by atoms with Crippen LogP contribution in [0, 0.1) is 0 Å². The minimum Gasteiger partial charge on any atom is -0.137 e. The summed E-state index contributed by atoms with van der Waals surface area (Å²) < 4.78 is 0. The molecule has 0 aromatic carbocycles. The van der Waals surface area contributed by atoms with Crippen molar-refractivity contribution in [2.45, 2.75) is 32.9 Å². The second-order valence-electron chi connectivity index (χ2n) is 2.79. The molecule has 0 saturated carbocycles. The molecule has 0 N–H and O–H groups in total. The van der Waals surface area contributed by atoms with Gasteiger partial charge in [0, 0.05) is 0 Å². The Morgan fingerprint density at radius 2 is 1.88 bits per heavy atom. The van der Waals surface area contributed by atoms with Crippen molar-refractivity contribution in [3.63, 3.8) is 0 Å². The fourth-order valence-corrected chi connectivity index (χ4v) is 2.60. The van der Waals surface area contributed by atoms with Gasteiger partial charge >= 0.3 is 0 Å². The molecule has 0 radical (unpaired) electrons. The van der Waals surface area contributed by atoms with Gasteiger partial charge in [0.1, 0.15) is 0 Å². The molecule has 0 aliphatic heterocycles. The zero-order chi connectivity index (χ0) is 6.62. The van der Waals surface area contributed by atoms with Gasteiger partial charge in [0.25, 0.3) is 0 Å². The van der Waals surface area contributed by atoms with Crippen molar-refractivity contribution >= 4 is 19.2 Å². The quantitative estimate of drug-likeness (QED) is 0.545. The van der Waals surface area contributed by atoms with Crippen LogP contribution in [-0.2, 0) is 0 Å². The summed E-state index contributed by atoms with van der Waals surface area (Å²) in [6.45, 7) is 9.07. The number of rotatable bonds is 2. The molecule has 50 valence electrons. The molecule has 1 atom stereocenters. The van der Waals surface area contributed by atoms with Crippen molar-refractivity contribution in [3.8, 4) is 0 Å². The first kappa shape index (κ1) is 8.78. The van der Waals surface area contributed by atoms with E-state index in [1.54, 1.807) is 0 Å². The van der Waals surface area contributed by atoms with E-state index in [4.69, 9.17) is 0 Å². The van der Waals surface area contributed by atoms with Crippen molar-refractivity contribution < 1.29 is 0 Å². The van der Waals surface area contributed by atoms with E-state index in [1.165, 1.54) is 5.75 Å². The molecule has 0 heterocycles. The van der Waals surface area contributed by atoms with Crippen LogP contribution >= 0.6 is 19.2 Å². The molecular weight excluding hydrogens is 135 g/mol. The summed E-state index contributed by atoms with van der Waals surface area (Å²) in [6, 6.07) is 0. The highest BCUT2D eigenvalue weighted by Crippen LogP contribution is 2.41. The molecule has 1 unspecified atom stereocenters. The van der Waals surface area contributed by atoms with Gasteiger partial charge in [-0.05, 0) is 10.9 Å². The fourth-order valence-electron chi connectivity index (χ4n) is 0.289.